The first kappa shape index (κ1) is 11.1. The molecule has 1 amide bonds. The van der Waals surface area contributed by atoms with Gasteiger partial charge in [-0.05, 0) is 43.5 Å². The van der Waals surface area contributed by atoms with Crippen molar-refractivity contribution in [3.8, 4) is 0 Å². The zero-order valence-electron chi connectivity index (χ0n) is 14.0. The molecule has 112 valence electrons. The molecule has 1 fully saturated rings. The van der Waals surface area contributed by atoms with Crippen molar-refractivity contribution in [1.82, 2.24) is 9.97 Å². The quantitative estimate of drug-likeness (QED) is 0.888. The molecule has 3 heterocycles. The summed E-state index contributed by atoms with van der Waals surface area (Å²) >= 11 is 0. The highest BCUT2D eigenvalue weighted by atomic mass is 16.3. The SMILES string of the molecule is [2H]C([2H])(O)c1cc(C)c2c(n1)N(C1CC1)c1ncccc1C(=O)N2. The van der Waals surface area contributed by atoms with E-state index in [1.54, 1.807) is 25.3 Å². The van der Waals surface area contributed by atoms with E-state index in [-0.39, 0.29) is 17.6 Å². The lowest BCUT2D eigenvalue weighted by Gasteiger charge is -2.24. The normalized spacial score (nSPS) is 18.6. The minimum atomic E-state index is -2.56. The fourth-order valence-electron chi connectivity index (χ4n) is 2.77. The topological polar surface area (TPSA) is 78.4 Å². The summed E-state index contributed by atoms with van der Waals surface area (Å²) in [7, 11) is 0. The third kappa shape index (κ3) is 1.95. The number of hydrogen-bond acceptors (Lipinski definition) is 5. The highest BCUT2D eigenvalue weighted by molar-refractivity contribution is 6.12. The summed E-state index contributed by atoms with van der Waals surface area (Å²) in [6, 6.07) is 5.03. The lowest BCUT2D eigenvalue weighted by Crippen LogP contribution is -2.23. The lowest BCUT2D eigenvalue weighted by atomic mass is 10.2. The third-order valence-corrected chi connectivity index (χ3v) is 3.95. The molecule has 6 nitrogen and oxygen atoms in total. The van der Waals surface area contributed by atoms with E-state index in [0.717, 1.165) is 12.8 Å². The number of aromatic nitrogens is 2. The second-order valence-corrected chi connectivity index (χ2v) is 5.56. The van der Waals surface area contributed by atoms with Crippen molar-refractivity contribution in [3.05, 3.63) is 41.2 Å². The molecule has 6 heteroatoms. The number of pyridine rings is 2. The Morgan fingerprint density at radius 1 is 1.50 bits per heavy atom. The van der Waals surface area contributed by atoms with E-state index < -0.39 is 6.56 Å². The Balaban J connectivity index is 1.99. The fraction of sp³-hybridized carbons (Fsp3) is 0.312. The van der Waals surface area contributed by atoms with Crippen LogP contribution in [0.1, 0.15) is 37.2 Å². The lowest BCUT2D eigenvalue weighted by molar-refractivity contribution is 0.102. The van der Waals surface area contributed by atoms with Crippen LogP contribution in [0.25, 0.3) is 0 Å². The highest BCUT2D eigenvalue weighted by Gasteiger charge is 2.38. The first-order valence-corrected chi connectivity index (χ1v) is 7.16. The average Bonchev–Trinajstić information content (AvgIpc) is 3.34. The van der Waals surface area contributed by atoms with Gasteiger partial charge in [0.15, 0.2) is 5.82 Å². The molecule has 0 saturated heterocycles. The van der Waals surface area contributed by atoms with Crippen LogP contribution in [-0.4, -0.2) is 27.0 Å². The van der Waals surface area contributed by atoms with Crippen LogP contribution in [-0.2, 0) is 6.56 Å². The van der Waals surface area contributed by atoms with E-state index in [2.05, 4.69) is 15.3 Å². The minimum Gasteiger partial charge on any atom is -0.390 e. The van der Waals surface area contributed by atoms with E-state index in [9.17, 15) is 9.90 Å². The Kier molecular flexibility index (Phi) is 2.42. The number of anilines is 3. The summed E-state index contributed by atoms with van der Waals surface area (Å²) in [5.41, 5.74) is 1.53. The van der Waals surface area contributed by atoms with E-state index in [0.29, 0.717) is 28.5 Å². The molecule has 2 N–H and O–H groups in total. The van der Waals surface area contributed by atoms with Crippen LogP contribution in [0.4, 0.5) is 17.3 Å². The molecular formula is C16H16N4O2. The van der Waals surface area contributed by atoms with Crippen LogP contribution < -0.4 is 10.2 Å². The highest BCUT2D eigenvalue weighted by Crippen LogP contribution is 2.44. The Bertz CT molecular complexity index is 846. The minimum absolute atomic E-state index is 0.0852. The second-order valence-electron chi connectivity index (χ2n) is 5.56. The van der Waals surface area contributed by atoms with Crippen molar-refractivity contribution in [2.45, 2.75) is 32.4 Å². The van der Waals surface area contributed by atoms with Gasteiger partial charge in [-0.2, -0.15) is 0 Å². The van der Waals surface area contributed by atoms with Crippen molar-refractivity contribution < 1.29 is 12.6 Å². The average molecular weight is 298 g/mol. The zero-order chi connectivity index (χ0) is 17.1. The number of fused-ring (bicyclic) bond motifs is 2. The van der Waals surface area contributed by atoms with Crippen LogP contribution in [0, 0.1) is 6.92 Å². The Labute approximate surface area is 130 Å². The summed E-state index contributed by atoms with van der Waals surface area (Å²) in [5.74, 6) is 0.669. The molecule has 1 aliphatic heterocycles. The molecule has 2 aromatic rings. The molecule has 1 saturated carbocycles. The van der Waals surface area contributed by atoms with Gasteiger partial charge < -0.3 is 15.3 Å². The van der Waals surface area contributed by atoms with Crippen molar-refractivity contribution in [2.75, 3.05) is 10.2 Å². The number of rotatable bonds is 2. The number of hydrogen-bond donors (Lipinski definition) is 2. The maximum absolute atomic E-state index is 12.6. The largest absolute Gasteiger partial charge is 0.390 e. The van der Waals surface area contributed by atoms with Gasteiger partial charge in [0, 0.05) is 12.2 Å². The zero-order valence-corrected chi connectivity index (χ0v) is 12.0. The number of aliphatic hydroxyl groups is 1. The monoisotopic (exact) mass is 298 g/mol. The van der Waals surface area contributed by atoms with E-state index in [1.165, 1.54) is 6.07 Å². The van der Waals surface area contributed by atoms with Crippen molar-refractivity contribution in [1.29, 1.82) is 0 Å². The van der Waals surface area contributed by atoms with Crippen LogP contribution >= 0.6 is 0 Å². The molecule has 2 aromatic heterocycles. The van der Waals surface area contributed by atoms with Crippen molar-refractivity contribution in [2.24, 2.45) is 0 Å². The van der Waals surface area contributed by atoms with Crippen LogP contribution in [0.3, 0.4) is 0 Å². The van der Waals surface area contributed by atoms with Gasteiger partial charge in [0.25, 0.3) is 5.91 Å². The molecule has 0 bridgehead atoms. The molecule has 2 aliphatic rings. The van der Waals surface area contributed by atoms with Crippen LogP contribution in [0.5, 0.6) is 0 Å². The summed E-state index contributed by atoms with van der Waals surface area (Å²) in [6.45, 7) is -0.803. The summed E-state index contributed by atoms with van der Waals surface area (Å²) in [5, 5.41) is 12.6. The number of nitrogens with one attached hydrogen (secondary N) is 1. The predicted molar refractivity (Wildman–Crippen MR) is 82.2 cm³/mol. The Morgan fingerprint density at radius 3 is 3.05 bits per heavy atom. The predicted octanol–water partition coefficient (Wildman–Crippen LogP) is 2.14. The molecule has 0 radical (unpaired) electrons. The maximum Gasteiger partial charge on any atom is 0.259 e. The van der Waals surface area contributed by atoms with Gasteiger partial charge in [-0.1, -0.05) is 0 Å². The van der Waals surface area contributed by atoms with Gasteiger partial charge in [0.2, 0.25) is 0 Å². The second kappa shape index (κ2) is 4.78. The van der Waals surface area contributed by atoms with Gasteiger partial charge in [0.1, 0.15) is 5.82 Å². The number of carbonyl (C=O) groups is 1. The Morgan fingerprint density at radius 2 is 2.32 bits per heavy atom. The van der Waals surface area contributed by atoms with Gasteiger partial charge in [0.05, 0.1) is 26.2 Å². The molecule has 4 rings (SSSR count). The molecule has 1 aliphatic carbocycles. The van der Waals surface area contributed by atoms with Gasteiger partial charge in [-0.3, -0.25) is 4.79 Å². The van der Waals surface area contributed by atoms with Gasteiger partial charge in [-0.25, -0.2) is 9.97 Å². The van der Waals surface area contributed by atoms with Crippen LogP contribution in [0.2, 0.25) is 0 Å². The number of amides is 1. The molecule has 0 atom stereocenters. The van der Waals surface area contributed by atoms with Crippen molar-refractivity contribution >= 4 is 23.2 Å². The molecule has 0 unspecified atom stereocenters. The van der Waals surface area contributed by atoms with Gasteiger partial charge >= 0.3 is 0 Å². The first-order chi connectivity index (χ1) is 11.4. The molecule has 0 spiro atoms. The third-order valence-electron chi connectivity index (χ3n) is 3.95. The summed E-state index contributed by atoms with van der Waals surface area (Å²) in [4.78, 5) is 23.1. The van der Waals surface area contributed by atoms with Crippen LogP contribution in [0.15, 0.2) is 24.4 Å². The van der Waals surface area contributed by atoms with Gasteiger partial charge in [-0.15, -0.1) is 0 Å². The number of aryl methyl sites for hydroxylation is 1. The summed E-state index contributed by atoms with van der Waals surface area (Å²) in [6.07, 6.45) is 3.51. The number of nitrogens with zero attached hydrogens (tertiary/aromatic N) is 3. The summed E-state index contributed by atoms with van der Waals surface area (Å²) < 4.78 is 15.1. The molecule has 22 heavy (non-hydrogen) atoms. The van der Waals surface area contributed by atoms with Crippen molar-refractivity contribution in [3.63, 3.8) is 0 Å². The molecular weight excluding hydrogens is 280 g/mol. The maximum atomic E-state index is 12.6. The van der Waals surface area contributed by atoms with E-state index in [1.807, 2.05) is 4.90 Å². The standard InChI is InChI=1S/C16H16N4O2/c1-9-7-10(8-21)18-15-13(9)19-16(22)12-3-2-6-17-14(12)20(15)11-4-5-11/h2-3,6-7,11,21H,4-5,8H2,1H3,(H,19,22)/i8D2. The Hall–Kier alpha value is -2.47. The molecule has 0 aromatic carbocycles. The fourth-order valence-corrected chi connectivity index (χ4v) is 2.77. The number of carbonyl (C=O) groups excluding carboxylic acids is 1. The van der Waals surface area contributed by atoms with E-state index in [4.69, 9.17) is 2.74 Å². The smallest absolute Gasteiger partial charge is 0.259 e. The van der Waals surface area contributed by atoms with E-state index >= 15 is 0 Å². The first-order valence-electron chi connectivity index (χ1n) is 8.16.